The van der Waals surface area contributed by atoms with Crippen LogP contribution in [0, 0.1) is 53.4 Å². The molecule has 4 N–H and O–H groups in total. The van der Waals surface area contributed by atoms with Gasteiger partial charge in [-0.15, -0.1) is 0 Å². The number of esters is 1. The van der Waals surface area contributed by atoms with E-state index >= 15 is 0 Å². The van der Waals surface area contributed by atoms with Gasteiger partial charge >= 0.3 is 30.8 Å². The van der Waals surface area contributed by atoms with Crippen LogP contribution in [0.5, 0.6) is 0 Å². The Bertz CT molecular complexity index is 2960. The first kappa shape index (κ1) is 61.4. The van der Waals surface area contributed by atoms with Crippen molar-refractivity contribution in [2.45, 2.75) is 126 Å². The zero-order chi connectivity index (χ0) is 52.8. The summed E-state index contributed by atoms with van der Waals surface area (Å²) in [5.41, 5.74) is 10.3. The molecular formula is C58H71LiN6O9. The van der Waals surface area contributed by atoms with E-state index in [4.69, 9.17) is 4.74 Å². The summed E-state index contributed by atoms with van der Waals surface area (Å²) in [5, 5.41) is 15.5. The van der Waals surface area contributed by atoms with Crippen LogP contribution in [0.3, 0.4) is 0 Å². The maximum absolute atomic E-state index is 13.7. The molecule has 2 unspecified atom stereocenters. The Morgan fingerprint density at radius 1 is 0.595 bits per heavy atom. The quantitative estimate of drug-likeness (QED) is 0.0565. The van der Waals surface area contributed by atoms with Crippen LogP contribution in [0.1, 0.15) is 129 Å². The summed E-state index contributed by atoms with van der Waals surface area (Å²) in [4.78, 5) is 85.9. The molecule has 4 atom stereocenters. The van der Waals surface area contributed by atoms with Gasteiger partial charge in [0.2, 0.25) is 11.8 Å². The molecule has 0 saturated carbocycles. The second-order valence-corrected chi connectivity index (χ2v) is 19.4. The number of nitrogens with one attached hydrogen (secondary N) is 2. The number of hydrogen-bond donors (Lipinski definition) is 3. The van der Waals surface area contributed by atoms with Crippen LogP contribution >= 0.6 is 0 Å². The van der Waals surface area contributed by atoms with Crippen LogP contribution in [0.25, 0.3) is 22.5 Å². The van der Waals surface area contributed by atoms with Gasteiger partial charge in [0.05, 0.1) is 42.9 Å². The van der Waals surface area contributed by atoms with E-state index in [0.29, 0.717) is 18.4 Å². The zero-order valence-electron chi connectivity index (χ0n) is 44.9. The molecule has 0 bridgehead atoms. The number of carboxylic acids is 1. The summed E-state index contributed by atoms with van der Waals surface area (Å²) in [6.07, 6.45) is 7.21. The predicted molar refractivity (Wildman–Crippen MR) is 283 cm³/mol. The van der Waals surface area contributed by atoms with Crippen molar-refractivity contribution in [2.75, 3.05) is 6.61 Å². The molecule has 388 valence electrons. The summed E-state index contributed by atoms with van der Waals surface area (Å²) in [5.74, 6) is -1.84. The summed E-state index contributed by atoms with van der Waals surface area (Å²) < 4.78 is 8.11. The summed E-state index contributed by atoms with van der Waals surface area (Å²) in [6, 6.07) is 23.1. The molecule has 0 fully saturated rings. The van der Waals surface area contributed by atoms with Crippen LogP contribution < -0.4 is 40.6 Å². The molecule has 4 heterocycles. The van der Waals surface area contributed by atoms with E-state index in [0.717, 1.165) is 61.5 Å². The van der Waals surface area contributed by atoms with Gasteiger partial charge in [-0.3, -0.25) is 38.7 Å². The number of nitrogens with zero attached hydrogens (tertiary/aromatic N) is 4. The van der Waals surface area contributed by atoms with Crippen molar-refractivity contribution in [3.05, 3.63) is 175 Å². The molecule has 0 saturated heterocycles. The van der Waals surface area contributed by atoms with Crippen molar-refractivity contribution in [1.29, 1.82) is 0 Å². The molecule has 74 heavy (non-hydrogen) atoms. The van der Waals surface area contributed by atoms with Gasteiger partial charge < -0.3 is 35.1 Å². The van der Waals surface area contributed by atoms with E-state index < -0.39 is 36.1 Å². The molecule has 16 heteroatoms. The Morgan fingerprint density at radius 2 is 0.973 bits per heavy atom. The third-order valence-electron chi connectivity index (χ3n) is 12.4. The number of pyridine rings is 4. The van der Waals surface area contributed by atoms with Gasteiger partial charge in [0.25, 0.3) is 11.1 Å². The topological polar surface area (TPSA) is 222 Å². The molecular weight excluding hydrogens is 932 g/mol. The van der Waals surface area contributed by atoms with Crippen molar-refractivity contribution in [3.63, 3.8) is 0 Å². The number of aliphatic carboxylic acids is 1. The molecule has 0 spiro atoms. The standard InChI is InChI=1S/C30H37N3O4.C28H33N3O4.Li.H2O/c1-7-37-28(35)18-24(23-11-13-31-25(17-23)29-21(5)9-8-10-22(29)6)32-30(36)26(15-19(2)3)33-14-12-20(4)16-27(33)34;1-17(2)13-24(31-12-10-18(3)14-25(31)32)28(35)30-22(16-26(33)34)21-9-11-29-23(15-21)27-19(4)7-6-8-20(27)5;;/h8-14,16-17,19,24,26H,7,15,18H2,1-6H3,(H,32,36);6-12,14-15,17,22,24H,13,16H2,1-5H3,(H,30,35)(H,33,34);;1H2/q;;+1;/p-1/t24-,26?;22-,24?;;/m00../s1. The van der Waals surface area contributed by atoms with Crippen LogP contribution in [0.4, 0.5) is 0 Å². The average molecular weight is 1000 g/mol. The van der Waals surface area contributed by atoms with E-state index in [1.807, 2.05) is 124 Å². The summed E-state index contributed by atoms with van der Waals surface area (Å²) in [7, 11) is 0. The molecule has 0 aliphatic heterocycles. The Hall–Kier alpha value is -6.92. The van der Waals surface area contributed by atoms with Crippen LogP contribution in [0.2, 0.25) is 0 Å². The minimum absolute atomic E-state index is 0. The van der Waals surface area contributed by atoms with Gasteiger partial charge in [-0.1, -0.05) is 64.1 Å². The molecule has 4 aromatic heterocycles. The fraction of sp³-hybridized carbons (Fsp3) is 0.379. The molecule has 2 aromatic carbocycles. The van der Waals surface area contributed by atoms with E-state index in [9.17, 15) is 33.9 Å². The van der Waals surface area contributed by atoms with Gasteiger partial charge in [-0.25, -0.2) is 0 Å². The summed E-state index contributed by atoms with van der Waals surface area (Å²) >= 11 is 0. The Kier molecular flexibility index (Phi) is 23.6. The fourth-order valence-electron chi connectivity index (χ4n) is 8.92. The minimum Gasteiger partial charge on any atom is -0.870 e. The van der Waals surface area contributed by atoms with E-state index in [2.05, 4.69) is 20.6 Å². The first-order chi connectivity index (χ1) is 34.2. The maximum atomic E-state index is 13.7. The Labute approximate surface area is 446 Å². The monoisotopic (exact) mass is 1000 g/mol. The number of aromatic nitrogens is 4. The second-order valence-electron chi connectivity index (χ2n) is 19.4. The number of carbonyl (C=O) groups excluding carboxylic acids is 3. The first-order valence-corrected chi connectivity index (χ1v) is 24.6. The first-order valence-electron chi connectivity index (χ1n) is 24.6. The number of aryl methyl sites for hydroxylation is 6. The Morgan fingerprint density at radius 3 is 1.31 bits per heavy atom. The van der Waals surface area contributed by atoms with Crippen LogP contribution in [-0.2, 0) is 23.9 Å². The number of carboxylic acid groups (broad SMARTS) is 1. The van der Waals surface area contributed by atoms with Crippen molar-refractivity contribution in [1.82, 2.24) is 29.7 Å². The molecule has 6 rings (SSSR count). The third-order valence-corrected chi connectivity index (χ3v) is 12.4. The van der Waals surface area contributed by atoms with Crippen LogP contribution in [0.15, 0.2) is 119 Å². The van der Waals surface area contributed by atoms with Crippen molar-refractivity contribution in [3.8, 4) is 22.5 Å². The zero-order valence-corrected chi connectivity index (χ0v) is 44.9. The number of carbonyl (C=O) groups is 4. The van der Waals surface area contributed by atoms with E-state index in [-0.39, 0.29) is 78.6 Å². The number of hydrogen-bond acceptors (Lipinski definition) is 10. The van der Waals surface area contributed by atoms with E-state index in [1.54, 1.807) is 49.9 Å². The molecule has 0 aliphatic carbocycles. The Balaban J connectivity index is 0.000000381. The predicted octanol–water partition coefficient (Wildman–Crippen LogP) is 6.82. The van der Waals surface area contributed by atoms with Gasteiger partial charge in [0.1, 0.15) is 12.1 Å². The third kappa shape index (κ3) is 16.8. The smallest absolute Gasteiger partial charge is 0.870 e. The molecule has 6 aromatic rings. The average Bonchev–Trinajstić information content (AvgIpc) is 3.30. The number of ether oxygens (including phenoxy) is 1. The van der Waals surface area contributed by atoms with E-state index in [1.165, 1.54) is 21.3 Å². The number of benzene rings is 2. The fourth-order valence-corrected chi connectivity index (χ4v) is 8.92. The van der Waals surface area contributed by atoms with Crippen molar-refractivity contribution >= 4 is 23.8 Å². The maximum Gasteiger partial charge on any atom is 1.00 e. The second kappa shape index (κ2) is 28.5. The van der Waals surface area contributed by atoms with Crippen molar-refractivity contribution in [2.24, 2.45) is 11.8 Å². The van der Waals surface area contributed by atoms with Gasteiger partial charge in [-0.2, -0.15) is 0 Å². The number of amides is 2. The van der Waals surface area contributed by atoms with Crippen LogP contribution in [-0.4, -0.2) is 60.0 Å². The normalized spacial score (nSPS) is 12.4. The molecule has 0 radical (unpaired) electrons. The number of rotatable bonds is 19. The largest absolute Gasteiger partial charge is 1.00 e. The van der Waals surface area contributed by atoms with Crippen molar-refractivity contribution < 1.29 is 53.4 Å². The molecule has 0 aliphatic rings. The molecule has 15 nitrogen and oxygen atoms in total. The van der Waals surface area contributed by atoms with Gasteiger partial charge in [0, 0.05) is 48.0 Å². The molecule has 2 amide bonds. The SMILES string of the molecule is CCOC(=O)C[C@H](NC(=O)C(CC(C)C)n1ccc(C)cc1=O)c1ccnc(-c2c(C)cccc2C)c1.Cc1ccn(C(CC(C)C)C(=O)N[C@@H](CC(=O)O)c2ccnc(-c3c(C)cccc3C)c2)c(=O)c1.[Li+].[OH-]. The van der Waals surface area contributed by atoms with Gasteiger partial charge in [-0.05, 0) is 154 Å². The summed E-state index contributed by atoms with van der Waals surface area (Å²) in [6.45, 7) is 21.7. The van der Waals surface area contributed by atoms with Gasteiger partial charge in [0.15, 0.2) is 0 Å². The minimum atomic E-state index is -1.03.